The zero-order valence-corrected chi connectivity index (χ0v) is 22.6. The van der Waals surface area contributed by atoms with Crippen LogP contribution in [-0.4, -0.2) is 74.8 Å². The molecule has 208 valence electrons. The molecule has 0 saturated carbocycles. The molecule has 8 nitrogen and oxygen atoms in total. The lowest BCUT2D eigenvalue weighted by molar-refractivity contribution is -0.140. The van der Waals surface area contributed by atoms with Crippen LogP contribution in [0.5, 0.6) is 0 Å². The molecule has 1 heterocycles. The summed E-state index contributed by atoms with van der Waals surface area (Å²) in [7, 11) is -3.25. The van der Waals surface area contributed by atoms with Gasteiger partial charge < -0.3 is 15.0 Å². The van der Waals surface area contributed by atoms with Gasteiger partial charge in [0.05, 0.1) is 23.6 Å². The van der Waals surface area contributed by atoms with Gasteiger partial charge in [0.2, 0.25) is 15.9 Å². The minimum Gasteiger partial charge on any atom is -0.367 e. The van der Waals surface area contributed by atoms with Crippen LogP contribution < -0.4 is 5.32 Å². The summed E-state index contributed by atoms with van der Waals surface area (Å²) in [5, 5.41) is 2.77. The number of halogens is 3. The monoisotopic (exact) mass is 554 g/mol. The molecular formula is C26H33F3N4O4S. The van der Waals surface area contributed by atoms with Crippen molar-refractivity contribution in [1.29, 1.82) is 0 Å². The molecule has 0 aromatic heterocycles. The van der Waals surface area contributed by atoms with Gasteiger partial charge in [-0.3, -0.25) is 9.79 Å². The van der Waals surface area contributed by atoms with E-state index in [1.165, 1.54) is 13.0 Å². The van der Waals surface area contributed by atoms with Crippen molar-refractivity contribution < 1.29 is 31.1 Å². The number of amides is 1. The highest BCUT2D eigenvalue weighted by Gasteiger charge is 2.38. The second-order valence-electron chi connectivity index (χ2n) is 9.24. The maximum Gasteiger partial charge on any atom is 0.417 e. The Morgan fingerprint density at radius 1 is 1.13 bits per heavy atom. The summed E-state index contributed by atoms with van der Waals surface area (Å²) in [6.07, 6.45) is -5.70. The highest BCUT2D eigenvalue weighted by molar-refractivity contribution is 7.89. The van der Waals surface area contributed by atoms with E-state index in [-0.39, 0.29) is 19.7 Å². The molecule has 1 aliphatic rings. The van der Waals surface area contributed by atoms with Crippen LogP contribution in [-0.2, 0) is 32.3 Å². The largest absolute Gasteiger partial charge is 0.417 e. The molecule has 0 aliphatic carbocycles. The van der Waals surface area contributed by atoms with E-state index < -0.39 is 38.7 Å². The van der Waals surface area contributed by atoms with E-state index in [2.05, 4.69) is 29.1 Å². The molecular weight excluding hydrogens is 521 g/mol. The number of nitrogens with one attached hydrogen (secondary N) is 1. The van der Waals surface area contributed by atoms with E-state index in [4.69, 9.17) is 4.74 Å². The molecule has 1 unspecified atom stereocenters. The first kappa shape index (κ1) is 29.6. The smallest absolute Gasteiger partial charge is 0.367 e. The summed E-state index contributed by atoms with van der Waals surface area (Å²) in [6.45, 7) is 7.29. The summed E-state index contributed by atoms with van der Waals surface area (Å²) in [5.41, 5.74) is 0.667. The van der Waals surface area contributed by atoms with Gasteiger partial charge in [0.15, 0.2) is 0 Å². The van der Waals surface area contributed by atoms with Crippen LogP contribution in [0.1, 0.15) is 37.5 Å². The van der Waals surface area contributed by atoms with Crippen molar-refractivity contribution >= 4 is 21.8 Å². The van der Waals surface area contributed by atoms with Crippen molar-refractivity contribution in [1.82, 2.24) is 14.5 Å². The van der Waals surface area contributed by atoms with Gasteiger partial charge in [-0.25, -0.2) is 8.42 Å². The number of carbonyl (C=O) groups is 1. The lowest BCUT2D eigenvalue weighted by Gasteiger charge is -2.24. The maximum atomic E-state index is 13.3. The SMILES string of the molecule is CC(OCCN(C)S(=O)(=O)c1ccccc1C(F)(F)F)C(=O)NCc1ccc(C2=NCCN2C(C)C)cc1. The standard InChI is InChI=1S/C26H33F3N4O4S/c1-18(2)33-14-13-30-24(33)21-11-9-20(10-12-21)17-31-25(34)19(3)37-16-15-32(4)38(35,36)23-8-6-5-7-22(23)26(27,28)29/h5-12,18-19H,13-17H2,1-4H3,(H,31,34). The van der Waals surface area contributed by atoms with Crippen molar-refractivity contribution in [2.45, 2.75) is 50.5 Å². The molecule has 0 spiro atoms. The first-order chi connectivity index (χ1) is 17.8. The summed E-state index contributed by atoms with van der Waals surface area (Å²) in [5.74, 6) is 0.569. The van der Waals surface area contributed by atoms with Gasteiger partial charge >= 0.3 is 6.18 Å². The van der Waals surface area contributed by atoms with Crippen LogP contribution in [0, 0.1) is 0 Å². The zero-order valence-electron chi connectivity index (χ0n) is 21.8. The number of likely N-dealkylation sites (N-methyl/N-ethyl adjacent to an activating group) is 1. The number of benzene rings is 2. The zero-order chi connectivity index (χ0) is 28.1. The predicted octanol–water partition coefficient (Wildman–Crippen LogP) is 3.52. The molecule has 1 atom stereocenters. The number of amidine groups is 1. The third kappa shape index (κ3) is 7.12. The van der Waals surface area contributed by atoms with Gasteiger partial charge in [-0.05, 0) is 38.5 Å². The fraction of sp³-hybridized carbons (Fsp3) is 0.462. The van der Waals surface area contributed by atoms with E-state index >= 15 is 0 Å². The van der Waals surface area contributed by atoms with E-state index in [1.54, 1.807) is 0 Å². The topological polar surface area (TPSA) is 91.3 Å². The Morgan fingerprint density at radius 2 is 1.79 bits per heavy atom. The average molecular weight is 555 g/mol. The molecule has 1 amide bonds. The number of aliphatic imine (C=N–C) groups is 1. The van der Waals surface area contributed by atoms with E-state index in [9.17, 15) is 26.4 Å². The van der Waals surface area contributed by atoms with Crippen LogP contribution in [0.15, 0.2) is 58.4 Å². The summed E-state index contributed by atoms with van der Waals surface area (Å²) >= 11 is 0. The minimum atomic E-state index is -4.81. The molecule has 2 aromatic rings. The van der Waals surface area contributed by atoms with Gasteiger partial charge in [-0.1, -0.05) is 36.4 Å². The Labute approximate surface area is 221 Å². The molecule has 0 fully saturated rings. The fourth-order valence-corrected chi connectivity index (χ4v) is 5.34. The molecule has 1 N–H and O–H groups in total. The Balaban J connectivity index is 1.48. The van der Waals surface area contributed by atoms with Crippen molar-refractivity contribution in [3.05, 3.63) is 65.2 Å². The van der Waals surface area contributed by atoms with Gasteiger partial charge in [0.1, 0.15) is 11.9 Å². The third-order valence-corrected chi connectivity index (χ3v) is 8.12. The van der Waals surface area contributed by atoms with Crippen LogP contribution in [0.25, 0.3) is 0 Å². The number of carbonyl (C=O) groups excluding carboxylic acids is 1. The number of hydrogen-bond acceptors (Lipinski definition) is 6. The van der Waals surface area contributed by atoms with Crippen LogP contribution >= 0.6 is 0 Å². The van der Waals surface area contributed by atoms with Crippen molar-refractivity contribution in [2.75, 3.05) is 33.3 Å². The average Bonchev–Trinajstić information content (AvgIpc) is 3.37. The number of hydrogen-bond donors (Lipinski definition) is 1. The van der Waals surface area contributed by atoms with Crippen LogP contribution in [0.4, 0.5) is 13.2 Å². The van der Waals surface area contributed by atoms with E-state index in [0.717, 1.165) is 59.6 Å². The second kappa shape index (κ2) is 12.3. The number of sulfonamides is 1. The number of ether oxygens (including phenoxy) is 1. The normalized spacial score (nSPS) is 15.2. The Kier molecular flexibility index (Phi) is 9.55. The van der Waals surface area contributed by atoms with E-state index in [0.29, 0.717) is 6.04 Å². The van der Waals surface area contributed by atoms with Gasteiger partial charge in [-0.15, -0.1) is 0 Å². The Hall–Kier alpha value is -2.96. The molecule has 0 bridgehead atoms. The number of nitrogens with zero attached hydrogens (tertiary/aromatic N) is 3. The molecule has 12 heteroatoms. The Morgan fingerprint density at radius 3 is 2.42 bits per heavy atom. The number of rotatable bonds is 11. The molecule has 3 rings (SSSR count). The summed E-state index contributed by atoms with van der Waals surface area (Å²) in [4.78, 5) is 18.4. The lowest BCUT2D eigenvalue weighted by Crippen LogP contribution is -2.37. The highest BCUT2D eigenvalue weighted by atomic mass is 32.2. The molecule has 0 radical (unpaired) electrons. The quantitative estimate of drug-likeness (QED) is 0.459. The summed E-state index contributed by atoms with van der Waals surface area (Å²) in [6, 6.07) is 12.1. The van der Waals surface area contributed by atoms with Gasteiger partial charge in [0, 0.05) is 38.3 Å². The fourth-order valence-electron chi connectivity index (χ4n) is 3.97. The first-order valence-electron chi connectivity index (χ1n) is 12.2. The predicted molar refractivity (Wildman–Crippen MR) is 138 cm³/mol. The molecule has 2 aromatic carbocycles. The van der Waals surface area contributed by atoms with Crippen LogP contribution in [0.2, 0.25) is 0 Å². The maximum absolute atomic E-state index is 13.3. The van der Waals surface area contributed by atoms with Gasteiger partial charge in [-0.2, -0.15) is 17.5 Å². The van der Waals surface area contributed by atoms with Crippen molar-refractivity contribution in [3.63, 3.8) is 0 Å². The molecule has 38 heavy (non-hydrogen) atoms. The van der Waals surface area contributed by atoms with Gasteiger partial charge in [0.25, 0.3) is 0 Å². The number of alkyl halides is 3. The second-order valence-corrected chi connectivity index (χ2v) is 11.3. The third-order valence-electron chi connectivity index (χ3n) is 6.20. The lowest BCUT2D eigenvalue weighted by atomic mass is 10.1. The van der Waals surface area contributed by atoms with E-state index in [1.807, 2.05) is 24.3 Å². The highest BCUT2D eigenvalue weighted by Crippen LogP contribution is 2.34. The van der Waals surface area contributed by atoms with Crippen molar-refractivity contribution in [2.24, 2.45) is 4.99 Å². The minimum absolute atomic E-state index is 0.179. The first-order valence-corrected chi connectivity index (χ1v) is 13.7. The van der Waals surface area contributed by atoms with Crippen LogP contribution in [0.3, 0.4) is 0 Å². The molecule has 1 aliphatic heterocycles. The summed E-state index contributed by atoms with van der Waals surface area (Å²) < 4.78 is 71.4. The Bertz CT molecular complexity index is 1250. The molecule has 0 saturated heterocycles. The van der Waals surface area contributed by atoms with Crippen molar-refractivity contribution in [3.8, 4) is 0 Å².